The van der Waals surface area contributed by atoms with Gasteiger partial charge >= 0.3 is 0 Å². The highest BCUT2D eigenvalue weighted by atomic mass is 16.3. The number of hydrogen-bond acceptors (Lipinski definition) is 3. The van der Waals surface area contributed by atoms with Crippen LogP contribution in [0.1, 0.15) is 31.2 Å². The minimum absolute atomic E-state index is 0.192. The minimum atomic E-state index is 0.192. The van der Waals surface area contributed by atoms with Crippen molar-refractivity contribution in [3.63, 3.8) is 0 Å². The number of nitrogens with zero attached hydrogens (tertiary/aromatic N) is 2. The van der Waals surface area contributed by atoms with Gasteiger partial charge in [0, 0.05) is 20.1 Å². The van der Waals surface area contributed by atoms with Gasteiger partial charge in [-0.2, -0.15) is 0 Å². The van der Waals surface area contributed by atoms with Crippen molar-refractivity contribution in [1.82, 2.24) is 15.5 Å². The first-order valence-corrected chi connectivity index (χ1v) is 9.04. The van der Waals surface area contributed by atoms with E-state index in [0.717, 1.165) is 44.3 Å². The lowest BCUT2D eigenvalue weighted by molar-refractivity contribution is 0.193. The average Bonchev–Trinajstić information content (AvgIpc) is 3.18. The lowest BCUT2D eigenvalue weighted by atomic mass is 10.1. The van der Waals surface area contributed by atoms with E-state index in [9.17, 15) is 0 Å². The summed E-state index contributed by atoms with van der Waals surface area (Å²) < 4.78 is 5.64. The molecule has 5 heteroatoms. The largest absolute Gasteiger partial charge is 0.468 e. The number of hydrogen-bond donors (Lipinski definition) is 2. The standard InChI is InChI=1S/C20H30N4O/c1-4-24(5-2)18(19-12-9-15-25-19)16-23-20(21-3)22-14-13-17-10-7-6-8-11-17/h6-12,15,18H,4-5,13-14,16H2,1-3H3,(H2,21,22,23). The van der Waals surface area contributed by atoms with E-state index in [-0.39, 0.29) is 6.04 Å². The maximum Gasteiger partial charge on any atom is 0.191 e. The lowest BCUT2D eigenvalue weighted by Crippen LogP contribution is -2.43. The Hall–Kier alpha value is -2.27. The monoisotopic (exact) mass is 342 g/mol. The summed E-state index contributed by atoms with van der Waals surface area (Å²) in [5.41, 5.74) is 1.32. The second-order valence-corrected chi connectivity index (χ2v) is 5.87. The first-order valence-electron chi connectivity index (χ1n) is 9.04. The molecule has 1 atom stereocenters. The summed E-state index contributed by atoms with van der Waals surface area (Å²) in [6.45, 7) is 7.90. The molecule has 1 unspecified atom stereocenters. The predicted octanol–water partition coefficient (Wildman–Crippen LogP) is 3.07. The van der Waals surface area contributed by atoms with Crippen LogP contribution >= 0.6 is 0 Å². The van der Waals surface area contributed by atoms with Gasteiger partial charge in [0.1, 0.15) is 5.76 Å². The van der Waals surface area contributed by atoms with E-state index >= 15 is 0 Å². The second kappa shape index (κ2) is 10.6. The quantitative estimate of drug-likeness (QED) is 0.543. The van der Waals surface area contributed by atoms with Gasteiger partial charge in [0.25, 0.3) is 0 Å². The van der Waals surface area contributed by atoms with Crippen molar-refractivity contribution in [2.24, 2.45) is 4.99 Å². The molecule has 1 aromatic carbocycles. The molecule has 5 nitrogen and oxygen atoms in total. The van der Waals surface area contributed by atoms with Crippen molar-refractivity contribution in [1.29, 1.82) is 0 Å². The summed E-state index contributed by atoms with van der Waals surface area (Å²) in [5, 5.41) is 6.81. The molecule has 136 valence electrons. The third-order valence-corrected chi connectivity index (χ3v) is 4.36. The van der Waals surface area contributed by atoms with Crippen LogP contribution in [0.5, 0.6) is 0 Å². The number of aliphatic imine (C=N–C) groups is 1. The van der Waals surface area contributed by atoms with Crippen molar-refractivity contribution in [3.05, 3.63) is 60.1 Å². The summed E-state index contributed by atoms with van der Waals surface area (Å²) in [6, 6.07) is 14.6. The number of likely N-dealkylation sites (N-methyl/N-ethyl adjacent to an activating group) is 1. The predicted molar refractivity (Wildman–Crippen MR) is 104 cm³/mol. The van der Waals surface area contributed by atoms with Gasteiger partial charge in [0.2, 0.25) is 0 Å². The van der Waals surface area contributed by atoms with Crippen LogP contribution in [0.2, 0.25) is 0 Å². The molecule has 0 amide bonds. The number of nitrogens with one attached hydrogen (secondary N) is 2. The van der Waals surface area contributed by atoms with Crippen molar-refractivity contribution in [2.75, 3.05) is 33.2 Å². The average molecular weight is 342 g/mol. The fourth-order valence-corrected chi connectivity index (χ4v) is 2.94. The van der Waals surface area contributed by atoms with Crippen molar-refractivity contribution in [2.45, 2.75) is 26.3 Å². The normalized spacial score (nSPS) is 13.0. The highest BCUT2D eigenvalue weighted by Gasteiger charge is 2.20. The van der Waals surface area contributed by atoms with Gasteiger partial charge < -0.3 is 15.1 Å². The van der Waals surface area contributed by atoms with E-state index < -0.39 is 0 Å². The van der Waals surface area contributed by atoms with Gasteiger partial charge in [-0.1, -0.05) is 44.2 Å². The Morgan fingerprint density at radius 3 is 2.44 bits per heavy atom. The summed E-state index contributed by atoms with van der Waals surface area (Å²) in [4.78, 5) is 6.71. The molecule has 2 aromatic rings. The zero-order valence-electron chi connectivity index (χ0n) is 15.5. The van der Waals surface area contributed by atoms with Gasteiger partial charge in [-0.05, 0) is 37.2 Å². The molecule has 0 aliphatic rings. The van der Waals surface area contributed by atoms with Crippen molar-refractivity contribution in [3.8, 4) is 0 Å². The maximum atomic E-state index is 5.64. The Morgan fingerprint density at radius 1 is 1.08 bits per heavy atom. The molecule has 0 bridgehead atoms. The Labute approximate surface area is 151 Å². The second-order valence-electron chi connectivity index (χ2n) is 5.87. The molecule has 0 fully saturated rings. The summed E-state index contributed by atoms with van der Waals surface area (Å²) in [7, 11) is 1.80. The minimum Gasteiger partial charge on any atom is -0.468 e. The van der Waals surface area contributed by atoms with Gasteiger partial charge in [0.15, 0.2) is 5.96 Å². The van der Waals surface area contributed by atoms with Crippen LogP contribution in [-0.4, -0.2) is 44.1 Å². The molecule has 1 aromatic heterocycles. The Balaban J connectivity index is 1.86. The van der Waals surface area contributed by atoms with Crippen LogP contribution in [0, 0.1) is 0 Å². The first kappa shape index (κ1) is 19.1. The maximum absolute atomic E-state index is 5.64. The van der Waals surface area contributed by atoms with Crippen LogP contribution in [0.4, 0.5) is 0 Å². The van der Waals surface area contributed by atoms with Crippen molar-refractivity contribution >= 4 is 5.96 Å². The Bertz CT molecular complexity index is 606. The summed E-state index contributed by atoms with van der Waals surface area (Å²) in [6.07, 6.45) is 2.71. The molecule has 0 saturated carbocycles. The van der Waals surface area contributed by atoms with Gasteiger partial charge in [-0.15, -0.1) is 0 Å². The van der Waals surface area contributed by atoms with E-state index in [1.54, 1.807) is 13.3 Å². The molecule has 25 heavy (non-hydrogen) atoms. The smallest absolute Gasteiger partial charge is 0.191 e. The zero-order valence-corrected chi connectivity index (χ0v) is 15.5. The van der Waals surface area contributed by atoms with Crippen LogP contribution in [-0.2, 0) is 6.42 Å². The molecule has 2 N–H and O–H groups in total. The lowest BCUT2D eigenvalue weighted by Gasteiger charge is -2.28. The SMILES string of the molecule is CCN(CC)C(CNC(=NC)NCCc1ccccc1)c1ccco1. The van der Waals surface area contributed by atoms with E-state index in [1.165, 1.54) is 5.56 Å². The molecule has 0 aliphatic carbocycles. The molecule has 1 heterocycles. The Kier molecular flexibility index (Phi) is 8.05. The van der Waals surface area contributed by atoms with Gasteiger partial charge in [-0.3, -0.25) is 9.89 Å². The highest BCUT2D eigenvalue weighted by molar-refractivity contribution is 5.79. The van der Waals surface area contributed by atoms with Gasteiger partial charge in [0.05, 0.1) is 12.3 Å². The van der Waals surface area contributed by atoms with Crippen LogP contribution in [0.3, 0.4) is 0 Å². The third-order valence-electron chi connectivity index (χ3n) is 4.36. The number of benzene rings is 1. The topological polar surface area (TPSA) is 52.8 Å². The summed E-state index contributed by atoms with van der Waals surface area (Å²) in [5.74, 6) is 1.80. The highest BCUT2D eigenvalue weighted by Crippen LogP contribution is 2.20. The van der Waals surface area contributed by atoms with Gasteiger partial charge in [-0.25, -0.2) is 0 Å². The molecule has 0 spiro atoms. The summed E-state index contributed by atoms with van der Waals surface area (Å²) >= 11 is 0. The molecular weight excluding hydrogens is 312 g/mol. The van der Waals surface area contributed by atoms with Crippen LogP contribution in [0.15, 0.2) is 58.1 Å². The van der Waals surface area contributed by atoms with E-state index in [1.807, 2.05) is 18.2 Å². The fourth-order valence-electron chi connectivity index (χ4n) is 2.94. The van der Waals surface area contributed by atoms with Crippen molar-refractivity contribution < 1.29 is 4.42 Å². The Morgan fingerprint density at radius 2 is 1.84 bits per heavy atom. The first-order chi connectivity index (χ1) is 12.3. The number of guanidine groups is 1. The van der Waals surface area contributed by atoms with Crippen LogP contribution in [0.25, 0.3) is 0 Å². The molecular formula is C20H30N4O. The molecule has 0 radical (unpaired) electrons. The molecule has 0 saturated heterocycles. The van der Waals surface area contributed by atoms with Crippen LogP contribution < -0.4 is 10.6 Å². The van der Waals surface area contributed by atoms with E-state index in [4.69, 9.17) is 4.42 Å². The van der Waals surface area contributed by atoms with E-state index in [0.29, 0.717) is 0 Å². The third kappa shape index (κ3) is 5.94. The fraction of sp³-hybridized carbons (Fsp3) is 0.450. The number of rotatable bonds is 9. The number of furan rings is 1. The zero-order chi connectivity index (χ0) is 17.9. The molecule has 2 rings (SSSR count). The molecule has 0 aliphatic heterocycles. The van der Waals surface area contributed by atoms with E-state index in [2.05, 4.69) is 58.6 Å².